The number of nitrogens with two attached hydrogens (primary N) is 1. The van der Waals surface area contributed by atoms with Crippen molar-refractivity contribution >= 4 is 35.1 Å². The van der Waals surface area contributed by atoms with Gasteiger partial charge in [-0.15, -0.1) is 0 Å². The monoisotopic (exact) mass is 343 g/mol. The number of nitrogens with one attached hydrogen (secondary N) is 1. The van der Waals surface area contributed by atoms with E-state index in [9.17, 15) is 9.59 Å². The molecule has 0 aliphatic carbocycles. The number of carbonyl (C=O) groups excluding carboxylic acids is 2. The topological polar surface area (TPSA) is 75.4 Å². The maximum Gasteiger partial charge on any atom is 0.315 e. The number of amides is 3. The zero-order valence-corrected chi connectivity index (χ0v) is 13.7. The molecular weight excluding hydrogens is 325 g/mol. The van der Waals surface area contributed by atoms with E-state index >= 15 is 0 Å². The molecule has 1 aliphatic heterocycles. The number of hydrogen-bond donors (Lipinski definition) is 2. The highest BCUT2D eigenvalue weighted by atomic mass is 35.5. The van der Waals surface area contributed by atoms with Crippen LogP contribution in [0, 0.1) is 0 Å². The van der Waals surface area contributed by atoms with Gasteiger partial charge in [0.05, 0.1) is 10.0 Å². The van der Waals surface area contributed by atoms with Crippen LogP contribution in [0.2, 0.25) is 10.0 Å². The van der Waals surface area contributed by atoms with Crippen molar-refractivity contribution in [2.45, 2.75) is 31.7 Å². The Bertz CT molecular complexity index is 566. The van der Waals surface area contributed by atoms with Crippen LogP contribution in [0.5, 0.6) is 0 Å². The van der Waals surface area contributed by atoms with E-state index in [0.717, 1.165) is 24.8 Å². The fourth-order valence-corrected chi connectivity index (χ4v) is 2.94. The first-order valence-electron chi connectivity index (χ1n) is 7.26. The quantitative estimate of drug-likeness (QED) is 0.806. The van der Waals surface area contributed by atoms with E-state index in [1.807, 2.05) is 12.1 Å². The van der Waals surface area contributed by atoms with Crippen molar-refractivity contribution < 1.29 is 9.59 Å². The molecule has 1 aromatic carbocycles. The number of rotatable bonds is 5. The van der Waals surface area contributed by atoms with Gasteiger partial charge in [-0.3, -0.25) is 4.79 Å². The Morgan fingerprint density at radius 2 is 2.09 bits per heavy atom. The third-order valence-electron chi connectivity index (χ3n) is 3.76. The summed E-state index contributed by atoms with van der Waals surface area (Å²) in [4.78, 5) is 24.7. The number of likely N-dealkylation sites (tertiary alicyclic amines) is 1. The van der Waals surface area contributed by atoms with Gasteiger partial charge in [0.2, 0.25) is 5.91 Å². The number of nitrogens with zero attached hydrogens (tertiary/aromatic N) is 1. The van der Waals surface area contributed by atoms with Crippen molar-refractivity contribution in [3.63, 3.8) is 0 Å². The zero-order chi connectivity index (χ0) is 16.1. The zero-order valence-electron chi connectivity index (χ0n) is 12.1. The fourth-order valence-electron chi connectivity index (χ4n) is 2.62. The van der Waals surface area contributed by atoms with Gasteiger partial charge in [-0.05, 0) is 43.4 Å². The summed E-state index contributed by atoms with van der Waals surface area (Å²) in [6.45, 7) is 1.10. The summed E-state index contributed by atoms with van der Waals surface area (Å²) in [6, 6.07) is 4.55. The van der Waals surface area contributed by atoms with Crippen LogP contribution < -0.4 is 11.1 Å². The number of carbonyl (C=O) groups is 2. The molecular formula is C15H19Cl2N3O2. The number of halogens is 2. The molecule has 0 aromatic heterocycles. The van der Waals surface area contributed by atoms with Gasteiger partial charge in [0.1, 0.15) is 6.04 Å². The molecule has 3 amide bonds. The van der Waals surface area contributed by atoms with Crippen molar-refractivity contribution in [1.29, 1.82) is 0 Å². The van der Waals surface area contributed by atoms with Crippen LogP contribution in [0.15, 0.2) is 18.2 Å². The van der Waals surface area contributed by atoms with Crippen molar-refractivity contribution in [3.05, 3.63) is 33.8 Å². The van der Waals surface area contributed by atoms with E-state index < -0.39 is 12.1 Å². The Morgan fingerprint density at radius 3 is 2.77 bits per heavy atom. The molecule has 0 spiro atoms. The molecule has 1 saturated heterocycles. The summed E-state index contributed by atoms with van der Waals surface area (Å²) in [5.74, 6) is -0.134. The van der Waals surface area contributed by atoms with Crippen LogP contribution >= 0.6 is 23.2 Å². The van der Waals surface area contributed by atoms with Crippen molar-refractivity contribution in [2.75, 3.05) is 13.1 Å². The molecule has 0 bridgehead atoms. The minimum atomic E-state index is -0.534. The van der Waals surface area contributed by atoms with Crippen molar-refractivity contribution in [1.82, 2.24) is 10.2 Å². The van der Waals surface area contributed by atoms with Crippen LogP contribution in [-0.4, -0.2) is 36.0 Å². The Hall–Kier alpha value is -1.46. The van der Waals surface area contributed by atoms with Gasteiger partial charge in [-0.2, -0.15) is 0 Å². The molecule has 3 N–H and O–H groups in total. The van der Waals surface area contributed by atoms with E-state index in [-0.39, 0.29) is 5.91 Å². The Balaban J connectivity index is 1.75. The molecule has 7 heteroatoms. The second-order valence-electron chi connectivity index (χ2n) is 5.33. The Kier molecular flexibility index (Phi) is 5.91. The average Bonchev–Trinajstić information content (AvgIpc) is 2.97. The highest BCUT2D eigenvalue weighted by molar-refractivity contribution is 6.42. The van der Waals surface area contributed by atoms with Crippen LogP contribution in [0.1, 0.15) is 24.8 Å². The summed E-state index contributed by atoms with van der Waals surface area (Å²) in [5.41, 5.74) is 6.34. The van der Waals surface area contributed by atoms with E-state index in [0.29, 0.717) is 29.6 Å². The first-order chi connectivity index (χ1) is 10.5. The number of aryl methyl sites for hydroxylation is 1. The van der Waals surface area contributed by atoms with Crippen LogP contribution in [0.3, 0.4) is 0 Å². The molecule has 1 aromatic rings. The molecule has 1 aliphatic rings. The predicted octanol–water partition coefficient (Wildman–Crippen LogP) is 2.59. The molecule has 120 valence electrons. The van der Waals surface area contributed by atoms with Crippen molar-refractivity contribution in [3.8, 4) is 0 Å². The normalized spacial score (nSPS) is 17.5. The lowest BCUT2D eigenvalue weighted by atomic mass is 10.1. The van der Waals surface area contributed by atoms with E-state index in [1.54, 1.807) is 6.07 Å². The molecule has 0 saturated carbocycles. The fraction of sp³-hybridized carbons (Fsp3) is 0.467. The lowest BCUT2D eigenvalue weighted by molar-refractivity contribution is -0.124. The third kappa shape index (κ3) is 4.27. The maximum atomic E-state index is 12.1. The smallest absolute Gasteiger partial charge is 0.315 e. The van der Waals surface area contributed by atoms with E-state index in [1.165, 1.54) is 4.90 Å². The lowest BCUT2D eigenvalue weighted by Gasteiger charge is -2.21. The molecule has 2 rings (SSSR count). The summed E-state index contributed by atoms with van der Waals surface area (Å²) >= 11 is 11.8. The van der Waals surface area contributed by atoms with Gasteiger partial charge >= 0.3 is 6.03 Å². The number of urea groups is 1. The number of benzene rings is 1. The van der Waals surface area contributed by atoms with Gasteiger partial charge in [0, 0.05) is 13.1 Å². The molecule has 1 fully saturated rings. The summed E-state index contributed by atoms with van der Waals surface area (Å²) < 4.78 is 0. The first-order valence-corrected chi connectivity index (χ1v) is 8.02. The van der Waals surface area contributed by atoms with Gasteiger partial charge in [-0.25, -0.2) is 4.79 Å². The molecule has 22 heavy (non-hydrogen) atoms. The predicted molar refractivity (Wildman–Crippen MR) is 87.1 cm³/mol. The average molecular weight is 344 g/mol. The van der Waals surface area contributed by atoms with Gasteiger partial charge < -0.3 is 16.0 Å². The Labute approximate surface area is 139 Å². The maximum absolute atomic E-state index is 12.1. The van der Waals surface area contributed by atoms with Crippen LogP contribution in [0.25, 0.3) is 0 Å². The molecule has 0 radical (unpaired) electrons. The number of hydrogen-bond acceptors (Lipinski definition) is 2. The van der Waals surface area contributed by atoms with Gasteiger partial charge in [0.25, 0.3) is 0 Å². The third-order valence-corrected chi connectivity index (χ3v) is 4.50. The van der Waals surface area contributed by atoms with E-state index in [4.69, 9.17) is 28.9 Å². The molecule has 1 heterocycles. The van der Waals surface area contributed by atoms with Gasteiger partial charge in [0.15, 0.2) is 0 Å². The summed E-state index contributed by atoms with van der Waals surface area (Å²) in [7, 11) is 0. The molecule has 0 unspecified atom stereocenters. The summed E-state index contributed by atoms with van der Waals surface area (Å²) in [6.07, 6.45) is 3.06. The lowest BCUT2D eigenvalue weighted by Crippen LogP contribution is -2.48. The second-order valence-corrected chi connectivity index (χ2v) is 6.15. The van der Waals surface area contributed by atoms with Gasteiger partial charge in [-0.1, -0.05) is 29.3 Å². The minimum Gasteiger partial charge on any atom is -0.354 e. The van der Waals surface area contributed by atoms with E-state index in [2.05, 4.69) is 5.32 Å². The largest absolute Gasteiger partial charge is 0.354 e. The second kappa shape index (κ2) is 7.70. The molecule has 5 nitrogen and oxygen atoms in total. The van der Waals surface area contributed by atoms with Crippen molar-refractivity contribution in [2.24, 2.45) is 5.73 Å². The number of primary amides is 1. The van der Waals surface area contributed by atoms with Crippen LogP contribution in [0.4, 0.5) is 4.79 Å². The highest BCUT2D eigenvalue weighted by Crippen LogP contribution is 2.23. The SMILES string of the molecule is NC(=O)N1CCC[C@H]1C(=O)NCCCc1ccc(Cl)c(Cl)c1. The standard InChI is InChI=1S/C15H19Cl2N3O2/c16-11-6-5-10(9-12(11)17)3-1-7-19-14(21)13-4-2-8-20(13)15(18)22/h5-6,9,13H,1-4,7-8H2,(H2,18,22)(H,19,21)/t13-/m0/s1. The minimum absolute atomic E-state index is 0.134. The highest BCUT2D eigenvalue weighted by Gasteiger charge is 2.32. The molecule has 1 atom stereocenters. The Morgan fingerprint density at radius 1 is 1.32 bits per heavy atom. The first kappa shape index (κ1) is 16.9. The van der Waals surface area contributed by atoms with Crippen LogP contribution in [-0.2, 0) is 11.2 Å². The summed E-state index contributed by atoms with van der Waals surface area (Å²) in [5, 5.41) is 3.93.